The van der Waals surface area contributed by atoms with Crippen LogP contribution in [0.2, 0.25) is 0 Å². The van der Waals surface area contributed by atoms with Gasteiger partial charge in [-0.25, -0.2) is 0 Å². The third-order valence-corrected chi connectivity index (χ3v) is 12.5. The van der Waals surface area contributed by atoms with E-state index in [1.54, 1.807) is 31.3 Å². The highest BCUT2D eigenvalue weighted by atomic mass is 32.1. The van der Waals surface area contributed by atoms with E-state index < -0.39 is 13.2 Å². The first kappa shape index (κ1) is 36.9. The van der Waals surface area contributed by atoms with E-state index >= 15 is 0 Å². The summed E-state index contributed by atoms with van der Waals surface area (Å²) in [6, 6.07) is 48.1. The number of nitrogens with zero attached hydrogens (tertiary/aromatic N) is 2. The van der Waals surface area contributed by atoms with Crippen LogP contribution in [-0.2, 0) is 4.74 Å². The quantitative estimate of drug-likeness (QED) is 0.0374. The summed E-state index contributed by atoms with van der Waals surface area (Å²) in [7, 11) is -0.426. The van der Waals surface area contributed by atoms with Gasteiger partial charge in [0, 0.05) is 30.3 Å². The van der Waals surface area contributed by atoms with E-state index in [1.165, 1.54) is 15.9 Å². The molecule has 0 saturated carbocycles. The number of ether oxygens (including phenoxy) is 1. The smallest absolute Gasteiger partial charge is 0.248 e. The molecule has 51 heavy (non-hydrogen) atoms. The summed E-state index contributed by atoms with van der Waals surface area (Å²) in [5, 5.41) is 19.7. The monoisotopic (exact) mass is 732 g/mol. The van der Waals surface area contributed by atoms with Crippen molar-refractivity contribution in [3.05, 3.63) is 162 Å². The molecule has 0 aliphatic rings. The summed E-state index contributed by atoms with van der Waals surface area (Å²) >= 11 is 10.9. The van der Waals surface area contributed by atoms with Gasteiger partial charge in [-0.05, 0) is 73.0 Å². The molecule has 0 fully saturated rings. The Balaban J connectivity index is 1.32. The van der Waals surface area contributed by atoms with Crippen LogP contribution in [0.15, 0.2) is 156 Å². The zero-order valence-corrected chi connectivity index (χ0v) is 30.6. The van der Waals surface area contributed by atoms with Crippen LogP contribution in [0.25, 0.3) is 0 Å². The van der Waals surface area contributed by atoms with Crippen molar-refractivity contribution in [2.24, 2.45) is 15.9 Å². The van der Waals surface area contributed by atoms with Crippen LogP contribution in [0.1, 0.15) is 21.5 Å². The number of hydrogen-bond acceptors (Lipinski definition) is 6. The molecule has 5 aromatic carbocycles. The number of amides is 1. The Hall–Kier alpha value is -5.32. The number of carbonyl (C=O) groups is 1. The molecular formula is C39H39N7O2PS2+. The normalized spacial score (nSPS) is 11.7. The van der Waals surface area contributed by atoms with Gasteiger partial charge in [0.2, 0.25) is 5.91 Å². The Morgan fingerprint density at radius 3 is 1.49 bits per heavy atom. The number of hydrazone groups is 2. The Kier molecular flexibility index (Phi) is 13.5. The second kappa shape index (κ2) is 18.6. The summed E-state index contributed by atoms with van der Waals surface area (Å²) in [4.78, 5) is 11.7. The number of primary amides is 1. The van der Waals surface area contributed by atoms with E-state index in [4.69, 9.17) is 40.0 Å². The van der Waals surface area contributed by atoms with Crippen molar-refractivity contribution in [1.82, 2.24) is 21.5 Å². The molecule has 5 rings (SSSR count). The van der Waals surface area contributed by atoms with E-state index in [1.807, 2.05) is 48.5 Å². The SMILES string of the molecule is CNC(=S)N/N=C(/C(=N/NC(=S)NCCOC[P+](c1ccccc1)(c1ccccc1)c1ccccc1)c1ccccc1)c1ccc(C(N)=O)cc1. The molecule has 0 spiro atoms. The van der Waals surface area contributed by atoms with Gasteiger partial charge in [-0.15, -0.1) is 0 Å². The lowest BCUT2D eigenvalue weighted by atomic mass is 9.99. The largest absolute Gasteiger partial charge is 0.366 e. The molecule has 0 aliphatic heterocycles. The Morgan fingerprint density at radius 2 is 1.04 bits per heavy atom. The summed E-state index contributed by atoms with van der Waals surface area (Å²) < 4.78 is 6.48. The maximum atomic E-state index is 11.7. The van der Waals surface area contributed by atoms with Crippen molar-refractivity contribution in [3.63, 3.8) is 0 Å². The number of nitrogens with two attached hydrogens (primary N) is 1. The predicted octanol–water partition coefficient (Wildman–Crippen LogP) is 4.42. The molecule has 1 amide bonds. The highest BCUT2D eigenvalue weighted by molar-refractivity contribution is 7.95. The molecule has 5 aromatic rings. The van der Waals surface area contributed by atoms with Gasteiger partial charge in [-0.1, -0.05) is 97.1 Å². The molecule has 0 unspecified atom stereocenters. The highest BCUT2D eigenvalue weighted by Gasteiger charge is 2.45. The van der Waals surface area contributed by atoms with Crippen molar-refractivity contribution in [2.45, 2.75) is 0 Å². The summed E-state index contributed by atoms with van der Waals surface area (Å²) in [5.74, 6) is -0.527. The minimum atomic E-state index is -2.12. The van der Waals surface area contributed by atoms with Crippen LogP contribution in [0.5, 0.6) is 0 Å². The predicted molar refractivity (Wildman–Crippen MR) is 219 cm³/mol. The lowest BCUT2D eigenvalue weighted by Gasteiger charge is -2.27. The maximum absolute atomic E-state index is 11.7. The number of carbonyl (C=O) groups excluding carboxylic acids is 1. The molecule has 0 heterocycles. The number of hydrogen-bond donors (Lipinski definition) is 5. The average molecular weight is 733 g/mol. The molecule has 6 N–H and O–H groups in total. The van der Waals surface area contributed by atoms with E-state index in [0.29, 0.717) is 52.3 Å². The van der Waals surface area contributed by atoms with Crippen molar-refractivity contribution >= 4 is 75.2 Å². The number of thiocarbonyl (C=S) groups is 2. The van der Waals surface area contributed by atoms with Gasteiger partial charge in [-0.2, -0.15) is 10.2 Å². The molecule has 0 saturated heterocycles. The molecule has 0 atom stereocenters. The first-order valence-electron chi connectivity index (χ1n) is 16.2. The summed E-state index contributed by atoms with van der Waals surface area (Å²) in [5.41, 5.74) is 14.1. The fourth-order valence-corrected chi connectivity index (χ4v) is 9.34. The molecule has 12 heteroatoms. The second-order valence-corrected chi connectivity index (χ2v) is 15.4. The Bertz CT molecular complexity index is 1870. The van der Waals surface area contributed by atoms with Crippen LogP contribution in [0, 0.1) is 0 Å². The molecule has 0 aliphatic carbocycles. The van der Waals surface area contributed by atoms with Crippen molar-refractivity contribution in [1.29, 1.82) is 0 Å². The number of rotatable bonds is 14. The van der Waals surface area contributed by atoms with E-state index in [9.17, 15) is 4.79 Å². The van der Waals surface area contributed by atoms with Gasteiger partial charge >= 0.3 is 0 Å². The highest BCUT2D eigenvalue weighted by Crippen LogP contribution is 2.55. The topological polar surface area (TPSA) is 125 Å². The average Bonchev–Trinajstić information content (AvgIpc) is 3.19. The van der Waals surface area contributed by atoms with Crippen LogP contribution >= 0.6 is 31.7 Å². The van der Waals surface area contributed by atoms with Gasteiger partial charge in [0.15, 0.2) is 16.6 Å². The third kappa shape index (κ3) is 9.68. The molecule has 0 bridgehead atoms. The fourth-order valence-electron chi connectivity index (χ4n) is 5.36. The van der Waals surface area contributed by atoms with Crippen LogP contribution in [0.3, 0.4) is 0 Å². The Labute approximate surface area is 309 Å². The van der Waals surface area contributed by atoms with Gasteiger partial charge in [0.1, 0.15) is 34.6 Å². The van der Waals surface area contributed by atoms with E-state index in [-0.39, 0.29) is 0 Å². The Morgan fingerprint density at radius 1 is 0.627 bits per heavy atom. The molecule has 9 nitrogen and oxygen atoms in total. The van der Waals surface area contributed by atoms with Crippen LogP contribution in [0.4, 0.5) is 0 Å². The lowest BCUT2D eigenvalue weighted by Crippen LogP contribution is -2.37. The molecular weight excluding hydrogens is 694 g/mol. The van der Waals surface area contributed by atoms with Crippen molar-refractivity contribution in [2.75, 3.05) is 26.5 Å². The van der Waals surface area contributed by atoms with E-state index in [0.717, 1.165) is 5.56 Å². The first-order valence-corrected chi connectivity index (χ1v) is 19.0. The van der Waals surface area contributed by atoms with Gasteiger partial charge in [0.05, 0.1) is 6.61 Å². The number of nitrogens with one attached hydrogen (secondary N) is 4. The lowest BCUT2D eigenvalue weighted by molar-refractivity contribution is 0.100. The minimum absolute atomic E-state index is 0.310. The van der Waals surface area contributed by atoms with Crippen LogP contribution < -0.4 is 43.1 Å². The van der Waals surface area contributed by atoms with Gasteiger partial charge < -0.3 is 21.1 Å². The standard InChI is InChI=1S/C39H38N7O2PS2/c1-41-38(50)45-43-36(30-22-24-31(25-23-30)37(40)47)35(29-14-6-2-7-15-29)44-46-39(51)42-26-27-48-28-49(32-16-8-3-9-17-32,33-18-10-4-11-19-33)34-20-12-5-13-21-34/h2-25H,26-28H2,1H3,(H5-,40,41,42,43,44,45,46,47,50,51)/p+1. The second-order valence-electron chi connectivity index (χ2n) is 11.1. The minimum Gasteiger partial charge on any atom is -0.366 e. The van der Waals surface area contributed by atoms with E-state index in [2.05, 4.69) is 99.4 Å². The van der Waals surface area contributed by atoms with Gasteiger partial charge in [0.25, 0.3) is 0 Å². The van der Waals surface area contributed by atoms with Crippen molar-refractivity contribution in [3.8, 4) is 0 Å². The first-order chi connectivity index (χ1) is 24.9. The zero-order valence-electron chi connectivity index (χ0n) is 28.0. The zero-order chi connectivity index (χ0) is 35.9. The fraction of sp³-hybridized carbons (Fsp3) is 0.103. The third-order valence-electron chi connectivity index (χ3n) is 7.89. The summed E-state index contributed by atoms with van der Waals surface area (Å²) in [6.07, 6.45) is 0.527. The van der Waals surface area contributed by atoms with Crippen molar-refractivity contribution < 1.29 is 9.53 Å². The number of benzene rings is 5. The molecule has 0 aromatic heterocycles. The molecule has 258 valence electrons. The van der Waals surface area contributed by atoms with Crippen LogP contribution in [-0.4, -0.2) is 54.1 Å². The summed E-state index contributed by atoms with van der Waals surface area (Å²) in [6.45, 7) is 0.865. The van der Waals surface area contributed by atoms with Gasteiger partial charge in [-0.3, -0.25) is 15.6 Å². The molecule has 0 radical (unpaired) electrons. The maximum Gasteiger partial charge on any atom is 0.248 e.